The Morgan fingerprint density at radius 3 is 2.55 bits per heavy atom. The van der Waals surface area contributed by atoms with Crippen molar-refractivity contribution in [2.24, 2.45) is 5.92 Å². The lowest BCUT2D eigenvalue weighted by atomic mass is 10.1. The summed E-state index contributed by atoms with van der Waals surface area (Å²) in [5.74, 6) is -2.01. The maximum atomic E-state index is 12.2. The van der Waals surface area contributed by atoms with Crippen LogP contribution in [0, 0.1) is 5.92 Å². The molecule has 1 aliphatic rings. The Morgan fingerprint density at radius 2 is 1.86 bits per heavy atom. The zero-order valence-corrected chi connectivity index (χ0v) is 17.2. The second-order valence-corrected chi connectivity index (χ2v) is 9.20. The van der Waals surface area contributed by atoms with Crippen LogP contribution in [0.1, 0.15) is 43.0 Å². The molecule has 9 nitrogen and oxygen atoms in total. The monoisotopic (exact) mass is 425 g/mol. The minimum atomic E-state index is -3.06. The molecule has 1 aromatic rings. The zero-order valence-electron chi connectivity index (χ0n) is 16.4. The molecule has 29 heavy (non-hydrogen) atoms. The van der Waals surface area contributed by atoms with Crippen molar-refractivity contribution < 1.29 is 27.5 Å². The average molecular weight is 426 g/mol. The summed E-state index contributed by atoms with van der Waals surface area (Å²) in [5.41, 5.74) is 5.32. The molecule has 1 heterocycles. The third-order valence-electron chi connectivity index (χ3n) is 4.47. The third-order valence-corrected chi connectivity index (χ3v) is 6.31. The minimum Gasteiger partial charge on any atom is -0.452 e. The van der Waals surface area contributed by atoms with Crippen LogP contribution in [0.4, 0.5) is 5.69 Å². The number of esters is 1. The molecular formula is C19H27N3O6S. The highest BCUT2D eigenvalue weighted by Crippen LogP contribution is 2.21. The van der Waals surface area contributed by atoms with Gasteiger partial charge in [0.05, 0.1) is 17.1 Å². The van der Waals surface area contributed by atoms with Gasteiger partial charge in [0.1, 0.15) is 0 Å². The maximum absolute atomic E-state index is 12.2. The third kappa shape index (κ3) is 7.72. The summed E-state index contributed by atoms with van der Waals surface area (Å²) in [6.45, 7) is 2.23. The Bertz CT molecular complexity index is 840. The van der Waals surface area contributed by atoms with E-state index in [1.54, 1.807) is 24.3 Å². The summed E-state index contributed by atoms with van der Waals surface area (Å²) in [7, 11) is -3.06. The number of hydrogen-bond donors (Lipinski definition) is 3. The van der Waals surface area contributed by atoms with Gasteiger partial charge in [-0.15, -0.1) is 0 Å². The number of carbonyl (C=O) groups excluding carboxylic acids is 3. The SMILES string of the molecule is CCCCNc1ccccc1C(=O)OCC(=O)NNC(=O)C[C@H]1CCS(=O)(=O)C1. The Morgan fingerprint density at radius 1 is 1.14 bits per heavy atom. The highest BCUT2D eigenvalue weighted by atomic mass is 32.2. The van der Waals surface area contributed by atoms with Crippen LogP contribution < -0.4 is 16.2 Å². The van der Waals surface area contributed by atoms with Crippen molar-refractivity contribution in [3.8, 4) is 0 Å². The van der Waals surface area contributed by atoms with Crippen LogP contribution in [-0.4, -0.2) is 50.9 Å². The quantitative estimate of drug-likeness (QED) is 0.306. The lowest BCUT2D eigenvalue weighted by Crippen LogP contribution is -2.44. The molecule has 0 aromatic heterocycles. The van der Waals surface area contributed by atoms with Gasteiger partial charge in [-0.3, -0.25) is 20.4 Å². The molecule has 0 bridgehead atoms. The van der Waals surface area contributed by atoms with E-state index in [9.17, 15) is 22.8 Å². The summed E-state index contributed by atoms with van der Waals surface area (Å²) < 4.78 is 27.8. The topological polar surface area (TPSA) is 131 Å². The van der Waals surface area contributed by atoms with Gasteiger partial charge >= 0.3 is 5.97 Å². The number of benzene rings is 1. The molecule has 1 aromatic carbocycles. The Labute approximate surface area is 170 Å². The fourth-order valence-corrected chi connectivity index (χ4v) is 4.81. The van der Waals surface area contributed by atoms with Crippen molar-refractivity contribution in [2.45, 2.75) is 32.6 Å². The van der Waals surface area contributed by atoms with E-state index in [-0.39, 0.29) is 23.8 Å². The lowest BCUT2D eigenvalue weighted by molar-refractivity contribution is -0.131. The molecule has 0 spiro atoms. The predicted octanol–water partition coefficient (Wildman–Crippen LogP) is 1.03. The first kappa shape index (κ1) is 22.7. The highest BCUT2D eigenvalue weighted by Gasteiger charge is 2.29. The van der Waals surface area contributed by atoms with E-state index in [0.717, 1.165) is 19.4 Å². The number of rotatable bonds is 9. The lowest BCUT2D eigenvalue weighted by Gasteiger charge is -2.12. The smallest absolute Gasteiger partial charge is 0.340 e. The first-order valence-corrected chi connectivity index (χ1v) is 11.4. The molecule has 10 heteroatoms. The minimum absolute atomic E-state index is 0.0100. The van der Waals surface area contributed by atoms with E-state index in [0.29, 0.717) is 17.7 Å². The number of hydrogen-bond acceptors (Lipinski definition) is 7. The standard InChI is InChI=1S/C19H27N3O6S/c1-2-3-9-20-16-7-5-4-6-15(16)19(25)28-12-18(24)22-21-17(23)11-14-8-10-29(26,27)13-14/h4-7,14,20H,2-3,8-13H2,1H3,(H,21,23)(H,22,24)/t14-/m1/s1. The highest BCUT2D eigenvalue weighted by molar-refractivity contribution is 7.91. The number of para-hydroxylation sites is 1. The van der Waals surface area contributed by atoms with Crippen LogP contribution in [-0.2, 0) is 24.2 Å². The van der Waals surface area contributed by atoms with Crippen LogP contribution in [0.5, 0.6) is 0 Å². The average Bonchev–Trinajstić information content (AvgIpc) is 3.03. The van der Waals surface area contributed by atoms with E-state index >= 15 is 0 Å². The fraction of sp³-hybridized carbons (Fsp3) is 0.526. The normalized spacial score (nSPS) is 17.3. The molecule has 0 unspecified atom stereocenters. The first-order chi connectivity index (χ1) is 13.8. The van der Waals surface area contributed by atoms with Gasteiger partial charge in [0, 0.05) is 18.7 Å². The van der Waals surface area contributed by atoms with Crippen LogP contribution in [0.15, 0.2) is 24.3 Å². The van der Waals surface area contributed by atoms with Crippen LogP contribution >= 0.6 is 0 Å². The Balaban J connectivity index is 1.73. The van der Waals surface area contributed by atoms with Gasteiger partial charge in [-0.25, -0.2) is 13.2 Å². The van der Waals surface area contributed by atoms with E-state index in [2.05, 4.69) is 23.1 Å². The number of unbranched alkanes of at least 4 members (excludes halogenated alkanes) is 1. The van der Waals surface area contributed by atoms with E-state index < -0.39 is 34.2 Å². The van der Waals surface area contributed by atoms with Gasteiger partial charge in [-0.2, -0.15) is 0 Å². The fourth-order valence-electron chi connectivity index (χ4n) is 2.95. The molecule has 0 radical (unpaired) electrons. The number of anilines is 1. The van der Waals surface area contributed by atoms with Crippen molar-refractivity contribution in [2.75, 3.05) is 30.0 Å². The van der Waals surface area contributed by atoms with Gasteiger partial charge in [0.25, 0.3) is 5.91 Å². The summed E-state index contributed by atoms with van der Waals surface area (Å²) in [4.78, 5) is 35.9. The molecule has 3 N–H and O–H groups in total. The van der Waals surface area contributed by atoms with Crippen molar-refractivity contribution in [3.63, 3.8) is 0 Å². The second-order valence-electron chi connectivity index (χ2n) is 6.97. The molecular weight excluding hydrogens is 398 g/mol. The Hall–Kier alpha value is -2.62. The van der Waals surface area contributed by atoms with Gasteiger partial charge in [0.15, 0.2) is 16.4 Å². The number of hydrazine groups is 1. The largest absolute Gasteiger partial charge is 0.452 e. The number of nitrogens with one attached hydrogen (secondary N) is 3. The van der Waals surface area contributed by atoms with Crippen LogP contribution in [0.3, 0.4) is 0 Å². The molecule has 1 fully saturated rings. The van der Waals surface area contributed by atoms with Gasteiger partial charge in [0.2, 0.25) is 5.91 Å². The molecule has 0 aliphatic carbocycles. The zero-order chi connectivity index (χ0) is 21.3. The van der Waals surface area contributed by atoms with Gasteiger partial charge in [-0.1, -0.05) is 25.5 Å². The predicted molar refractivity (Wildman–Crippen MR) is 108 cm³/mol. The number of amides is 2. The molecule has 1 saturated heterocycles. The van der Waals surface area contributed by atoms with Crippen LogP contribution in [0.25, 0.3) is 0 Å². The van der Waals surface area contributed by atoms with E-state index in [1.807, 2.05) is 0 Å². The number of sulfone groups is 1. The van der Waals surface area contributed by atoms with Crippen molar-refractivity contribution in [3.05, 3.63) is 29.8 Å². The number of carbonyl (C=O) groups is 3. The van der Waals surface area contributed by atoms with E-state index in [1.165, 1.54) is 0 Å². The number of ether oxygens (including phenoxy) is 1. The molecule has 160 valence electrons. The van der Waals surface area contributed by atoms with Crippen molar-refractivity contribution in [1.82, 2.24) is 10.9 Å². The molecule has 2 amide bonds. The molecule has 0 saturated carbocycles. The summed E-state index contributed by atoms with van der Waals surface area (Å²) in [6, 6.07) is 6.86. The summed E-state index contributed by atoms with van der Waals surface area (Å²) in [5, 5.41) is 3.16. The van der Waals surface area contributed by atoms with Crippen molar-refractivity contribution >= 4 is 33.3 Å². The summed E-state index contributed by atoms with van der Waals surface area (Å²) in [6.07, 6.45) is 2.42. The Kier molecular flexibility index (Phi) is 8.44. The maximum Gasteiger partial charge on any atom is 0.340 e. The second kappa shape index (κ2) is 10.8. The van der Waals surface area contributed by atoms with Crippen molar-refractivity contribution in [1.29, 1.82) is 0 Å². The van der Waals surface area contributed by atoms with Gasteiger partial charge in [-0.05, 0) is 30.9 Å². The van der Waals surface area contributed by atoms with Crippen LogP contribution in [0.2, 0.25) is 0 Å². The molecule has 1 aliphatic heterocycles. The first-order valence-electron chi connectivity index (χ1n) is 9.59. The molecule has 1 atom stereocenters. The van der Waals surface area contributed by atoms with Gasteiger partial charge < -0.3 is 10.1 Å². The summed E-state index contributed by atoms with van der Waals surface area (Å²) >= 11 is 0. The van der Waals surface area contributed by atoms with E-state index in [4.69, 9.17) is 4.74 Å². The molecule has 2 rings (SSSR count).